The van der Waals surface area contributed by atoms with Crippen LogP contribution in [0.1, 0.15) is 36.2 Å². The predicted molar refractivity (Wildman–Crippen MR) is 113 cm³/mol. The molecule has 1 heterocycles. The summed E-state index contributed by atoms with van der Waals surface area (Å²) < 4.78 is 28.0. The van der Waals surface area contributed by atoms with Gasteiger partial charge in [0.2, 0.25) is 0 Å². The maximum absolute atomic E-state index is 13.3. The summed E-state index contributed by atoms with van der Waals surface area (Å²) in [5, 5.41) is 0.787. The lowest BCUT2D eigenvalue weighted by molar-refractivity contribution is 0.0997. The Labute approximate surface area is 165 Å². The molecule has 0 unspecified atom stereocenters. The van der Waals surface area contributed by atoms with Gasteiger partial charge in [-0.05, 0) is 45.0 Å². The number of para-hydroxylation sites is 1. The number of benzene rings is 2. The van der Waals surface area contributed by atoms with Crippen LogP contribution in [0.5, 0.6) is 0 Å². The van der Waals surface area contributed by atoms with Gasteiger partial charge in [-0.3, -0.25) is 4.79 Å². The average Bonchev–Trinajstić information content (AvgIpc) is 3.04. The Balaban J connectivity index is 2.14. The number of aromatic amines is 1. The van der Waals surface area contributed by atoms with Gasteiger partial charge in [-0.15, -0.1) is 6.58 Å². The highest BCUT2D eigenvalue weighted by Gasteiger charge is 2.29. The van der Waals surface area contributed by atoms with E-state index in [9.17, 15) is 13.2 Å². The molecule has 2 aromatic carbocycles. The summed E-state index contributed by atoms with van der Waals surface area (Å²) in [5.41, 5.74) is 2.15. The summed E-state index contributed by atoms with van der Waals surface area (Å²) in [6.07, 6.45) is 1.79. The summed E-state index contributed by atoms with van der Waals surface area (Å²) >= 11 is 0. The van der Waals surface area contributed by atoms with E-state index in [1.54, 1.807) is 48.5 Å². The number of fused-ring (bicyclic) bond motifs is 1. The summed E-state index contributed by atoms with van der Waals surface area (Å²) in [5.74, 6) is 0.371. The van der Waals surface area contributed by atoms with Crippen LogP contribution >= 0.6 is 0 Å². The van der Waals surface area contributed by atoms with Gasteiger partial charge >= 0.3 is 0 Å². The molecule has 146 valence electrons. The maximum atomic E-state index is 13.3. The van der Waals surface area contributed by atoms with Crippen molar-refractivity contribution < 1.29 is 13.2 Å². The van der Waals surface area contributed by atoms with E-state index in [2.05, 4.69) is 11.6 Å². The van der Waals surface area contributed by atoms with Crippen molar-refractivity contribution in [1.29, 1.82) is 0 Å². The number of H-pyrrole nitrogens is 1. The molecule has 1 aromatic heterocycles. The minimum Gasteiger partial charge on any atom is -0.340 e. The fraction of sp³-hybridized carbons (Fsp3) is 0.227. The zero-order valence-electron chi connectivity index (χ0n) is 16.3. The van der Waals surface area contributed by atoms with Crippen LogP contribution in [0.2, 0.25) is 0 Å². The van der Waals surface area contributed by atoms with Gasteiger partial charge in [-0.25, -0.2) is 12.7 Å². The van der Waals surface area contributed by atoms with Crippen LogP contribution < -0.4 is 4.31 Å². The topological polar surface area (TPSA) is 70.2 Å². The first-order chi connectivity index (χ1) is 13.3. The number of carbonyl (C=O) groups is 1. The Morgan fingerprint density at radius 1 is 1.18 bits per heavy atom. The van der Waals surface area contributed by atoms with Crippen LogP contribution in [0.25, 0.3) is 10.9 Å². The standard InChI is InChI=1S/C22H24N2O3S/c1-5-7-20(25)19-9-6-8-17-14-21(23-22(17)19)24(15(2)3)28(26,27)18-12-10-16(4)11-13-18/h5-6,8-15,23H,1,7H2,2-4H3. The summed E-state index contributed by atoms with van der Waals surface area (Å²) in [7, 11) is -3.76. The molecular weight excluding hydrogens is 372 g/mol. The molecule has 0 saturated heterocycles. The first-order valence-electron chi connectivity index (χ1n) is 9.12. The molecule has 28 heavy (non-hydrogen) atoms. The van der Waals surface area contributed by atoms with Crippen molar-refractivity contribution >= 4 is 32.5 Å². The third-order valence-electron chi connectivity index (χ3n) is 4.56. The molecule has 0 spiro atoms. The van der Waals surface area contributed by atoms with Gasteiger partial charge in [0, 0.05) is 23.4 Å². The Kier molecular flexibility index (Phi) is 5.42. The van der Waals surface area contributed by atoms with Crippen molar-refractivity contribution in [2.45, 2.75) is 38.1 Å². The highest BCUT2D eigenvalue weighted by Crippen LogP contribution is 2.30. The van der Waals surface area contributed by atoms with Crippen LogP contribution in [-0.2, 0) is 10.0 Å². The van der Waals surface area contributed by atoms with E-state index < -0.39 is 10.0 Å². The normalized spacial score (nSPS) is 11.7. The molecule has 0 aliphatic heterocycles. The van der Waals surface area contributed by atoms with Gasteiger partial charge in [0.25, 0.3) is 10.0 Å². The number of nitrogens with one attached hydrogen (secondary N) is 1. The minimum absolute atomic E-state index is 0.0634. The van der Waals surface area contributed by atoms with Crippen LogP contribution in [0.3, 0.4) is 0 Å². The lowest BCUT2D eigenvalue weighted by Crippen LogP contribution is -2.37. The lowest BCUT2D eigenvalue weighted by Gasteiger charge is -2.26. The fourth-order valence-electron chi connectivity index (χ4n) is 3.24. The molecule has 0 aliphatic carbocycles. The molecule has 0 aliphatic rings. The maximum Gasteiger partial charge on any atom is 0.265 e. The van der Waals surface area contributed by atoms with E-state index in [-0.39, 0.29) is 23.1 Å². The van der Waals surface area contributed by atoms with E-state index in [0.29, 0.717) is 16.9 Å². The van der Waals surface area contributed by atoms with Gasteiger partial charge in [-0.1, -0.05) is 35.9 Å². The molecule has 0 atom stereocenters. The number of ketones is 1. The highest BCUT2D eigenvalue weighted by atomic mass is 32.2. The number of carbonyl (C=O) groups excluding carboxylic acids is 1. The van der Waals surface area contributed by atoms with Crippen molar-refractivity contribution in [3.63, 3.8) is 0 Å². The molecular formula is C22H24N2O3S. The molecule has 0 bridgehead atoms. The molecule has 5 nitrogen and oxygen atoms in total. The van der Waals surface area contributed by atoms with Gasteiger partial charge in [0.1, 0.15) is 5.82 Å². The Bertz CT molecular complexity index is 1130. The molecule has 0 amide bonds. The average molecular weight is 397 g/mol. The molecule has 6 heteroatoms. The van der Waals surface area contributed by atoms with Crippen molar-refractivity contribution in [2.24, 2.45) is 0 Å². The van der Waals surface area contributed by atoms with Crippen LogP contribution in [0.4, 0.5) is 5.82 Å². The van der Waals surface area contributed by atoms with Gasteiger partial charge in [0.15, 0.2) is 5.78 Å². The predicted octanol–water partition coefficient (Wildman–Crippen LogP) is 4.84. The first kappa shape index (κ1) is 19.9. The van der Waals surface area contributed by atoms with Crippen molar-refractivity contribution in [2.75, 3.05) is 4.31 Å². The van der Waals surface area contributed by atoms with Crippen molar-refractivity contribution in [1.82, 2.24) is 4.98 Å². The largest absolute Gasteiger partial charge is 0.340 e. The quantitative estimate of drug-likeness (QED) is 0.459. The molecule has 0 saturated carbocycles. The second kappa shape index (κ2) is 7.64. The first-order valence-corrected chi connectivity index (χ1v) is 10.6. The number of aromatic nitrogens is 1. The number of allylic oxidation sites excluding steroid dienone is 1. The number of hydrogen-bond donors (Lipinski definition) is 1. The lowest BCUT2D eigenvalue weighted by atomic mass is 10.1. The van der Waals surface area contributed by atoms with E-state index in [0.717, 1.165) is 10.9 Å². The van der Waals surface area contributed by atoms with Crippen LogP contribution in [0.15, 0.2) is 66.1 Å². The SMILES string of the molecule is C=CCC(=O)c1cccc2cc(N(C(C)C)S(=O)(=O)c3ccc(C)cc3)[nH]c12. The Morgan fingerprint density at radius 3 is 2.46 bits per heavy atom. The van der Waals surface area contributed by atoms with Crippen molar-refractivity contribution in [3.05, 3.63) is 72.3 Å². The molecule has 1 N–H and O–H groups in total. The Morgan fingerprint density at radius 2 is 1.86 bits per heavy atom. The molecule has 0 fully saturated rings. The van der Waals surface area contributed by atoms with E-state index >= 15 is 0 Å². The summed E-state index contributed by atoms with van der Waals surface area (Å²) in [4.78, 5) is 15.8. The molecule has 0 radical (unpaired) electrons. The Hall–Kier alpha value is -2.86. The van der Waals surface area contributed by atoms with E-state index in [1.165, 1.54) is 4.31 Å². The summed E-state index contributed by atoms with van der Waals surface area (Å²) in [6.45, 7) is 9.17. The van der Waals surface area contributed by atoms with E-state index in [1.807, 2.05) is 26.8 Å². The van der Waals surface area contributed by atoms with Crippen LogP contribution in [-0.4, -0.2) is 25.2 Å². The number of aryl methyl sites for hydroxylation is 1. The van der Waals surface area contributed by atoms with Gasteiger partial charge in [0.05, 0.1) is 10.4 Å². The zero-order chi connectivity index (χ0) is 20.5. The van der Waals surface area contributed by atoms with E-state index in [4.69, 9.17) is 0 Å². The minimum atomic E-state index is -3.76. The second-order valence-corrected chi connectivity index (χ2v) is 8.86. The second-order valence-electron chi connectivity index (χ2n) is 7.05. The van der Waals surface area contributed by atoms with Crippen LogP contribution in [0, 0.1) is 6.92 Å². The van der Waals surface area contributed by atoms with Crippen molar-refractivity contribution in [3.8, 4) is 0 Å². The molecule has 3 rings (SSSR count). The molecule has 3 aromatic rings. The zero-order valence-corrected chi connectivity index (χ0v) is 17.1. The number of hydrogen-bond acceptors (Lipinski definition) is 3. The fourth-order valence-corrected chi connectivity index (χ4v) is 4.86. The smallest absolute Gasteiger partial charge is 0.265 e. The summed E-state index contributed by atoms with van der Waals surface area (Å²) in [6, 6.07) is 13.6. The monoisotopic (exact) mass is 396 g/mol. The number of anilines is 1. The highest BCUT2D eigenvalue weighted by molar-refractivity contribution is 7.92. The number of Topliss-reactive ketones (excluding diaryl/α,β-unsaturated/α-hetero) is 1. The third-order valence-corrected chi connectivity index (χ3v) is 6.56. The number of nitrogens with zero attached hydrogens (tertiary/aromatic N) is 1. The van der Waals surface area contributed by atoms with Gasteiger partial charge < -0.3 is 4.98 Å². The number of sulfonamides is 1. The third kappa shape index (κ3) is 3.60. The van der Waals surface area contributed by atoms with Gasteiger partial charge in [-0.2, -0.15) is 0 Å². The number of rotatable bonds is 7.